The van der Waals surface area contributed by atoms with Gasteiger partial charge < -0.3 is 15.2 Å². The minimum absolute atomic E-state index is 0.0444. The fourth-order valence-electron chi connectivity index (χ4n) is 1.44. The molecule has 0 radical (unpaired) electrons. The molecule has 4 heteroatoms. The first-order valence-corrected chi connectivity index (χ1v) is 4.94. The molecule has 0 amide bonds. The highest BCUT2D eigenvalue weighted by atomic mass is 35.5. The van der Waals surface area contributed by atoms with E-state index >= 15 is 0 Å². The van der Waals surface area contributed by atoms with Crippen LogP contribution in [-0.2, 0) is 0 Å². The van der Waals surface area contributed by atoms with E-state index in [1.54, 1.807) is 6.07 Å². The Morgan fingerprint density at radius 2 is 2.07 bits per heavy atom. The van der Waals surface area contributed by atoms with Crippen LogP contribution in [0, 0.1) is 0 Å². The van der Waals surface area contributed by atoms with Crippen LogP contribution in [0.25, 0.3) is 0 Å². The minimum atomic E-state index is -0.0444. The van der Waals surface area contributed by atoms with Gasteiger partial charge in [0.25, 0.3) is 0 Å². The van der Waals surface area contributed by atoms with Crippen molar-refractivity contribution in [2.75, 3.05) is 6.79 Å². The third kappa shape index (κ3) is 1.53. The molecule has 0 saturated carbocycles. The first-order chi connectivity index (χ1) is 6.72. The molecule has 2 N–H and O–H groups in total. The zero-order chi connectivity index (χ0) is 10.1. The average Bonchev–Trinajstić information content (AvgIpc) is 2.62. The van der Waals surface area contributed by atoms with Crippen molar-refractivity contribution in [1.29, 1.82) is 0 Å². The molecule has 2 rings (SSSR count). The number of fused-ring (bicyclic) bond motifs is 1. The van der Waals surface area contributed by atoms with Crippen molar-refractivity contribution in [3.63, 3.8) is 0 Å². The van der Waals surface area contributed by atoms with Gasteiger partial charge in [-0.25, -0.2) is 0 Å². The van der Waals surface area contributed by atoms with Crippen LogP contribution < -0.4 is 15.2 Å². The number of hydrogen-bond acceptors (Lipinski definition) is 3. The van der Waals surface area contributed by atoms with Crippen molar-refractivity contribution in [3.05, 3.63) is 22.7 Å². The van der Waals surface area contributed by atoms with Gasteiger partial charge in [0.2, 0.25) is 6.79 Å². The van der Waals surface area contributed by atoms with Crippen LogP contribution in [0.15, 0.2) is 12.1 Å². The molecule has 0 saturated heterocycles. The Hall–Kier alpha value is -0.930. The van der Waals surface area contributed by atoms with Crippen LogP contribution in [0.1, 0.15) is 24.9 Å². The summed E-state index contributed by atoms with van der Waals surface area (Å²) in [4.78, 5) is 0. The Labute approximate surface area is 87.8 Å². The zero-order valence-corrected chi connectivity index (χ0v) is 8.67. The van der Waals surface area contributed by atoms with Gasteiger partial charge in [-0.15, -0.1) is 0 Å². The molecule has 0 spiro atoms. The molecule has 0 fully saturated rings. The van der Waals surface area contributed by atoms with Crippen molar-refractivity contribution in [3.8, 4) is 11.5 Å². The highest BCUT2D eigenvalue weighted by Gasteiger charge is 2.18. The smallest absolute Gasteiger partial charge is 0.231 e. The predicted molar refractivity (Wildman–Crippen MR) is 54.8 cm³/mol. The van der Waals surface area contributed by atoms with Crippen LogP contribution in [0.2, 0.25) is 5.02 Å². The monoisotopic (exact) mass is 213 g/mol. The summed E-state index contributed by atoms with van der Waals surface area (Å²) in [6, 6.07) is 3.57. The highest BCUT2D eigenvalue weighted by Crippen LogP contribution is 2.38. The van der Waals surface area contributed by atoms with Crippen LogP contribution in [0.4, 0.5) is 0 Å². The second-order valence-electron chi connectivity index (χ2n) is 3.24. The fourth-order valence-corrected chi connectivity index (χ4v) is 1.73. The van der Waals surface area contributed by atoms with Crippen molar-refractivity contribution in [2.45, 2.75) is 19.4 Å². The number of benzene rings is 1. The van der Waals surface area contributed by atoms with Crippen LogP contribution in [0.3, 0.4) is 0 Å². The Morgan fingerprint density at radius 1 is 1.43 bits per heavy atom. The molecule has 0 aliphatic carbocycles. The van der Waals surface area contributed by atoms with Gasteiger partial charge in [-0.1, -0.05) is 18.5 Å². The highest BCUT2D eigenvalue weighted by molar-refractivity contribution is 6.31. The van der Waals surface area contributed by atoms with Crippen LogP contribution in [0.5, 0.6) is 11.5 Å². The lowest BCUT2D eigenvalue weighted by molar-refractivity contribution is 0.174. The summed E-state index contributed by atoms with van der Waals surface area (Å²) in [5, 5.41) is 0.642. The van der Waals surface area contributed by atoms with E-state index in [0.29, 0.717) is 10.8 Å². The summed E-state index contributed by atoms with van der Waals surface area (Å²) >= 11 is 6.07. The van der Waals surface area contributed by atoms with Gasteiger partial charge in [0.05, 0.1) is 0 Å². The van der Waals surface area contributed by atoms with Crippen molar-refractivity contribution in [1.82, 2.24) is 0 Å². The van der Waals surface area contributed by atoms with E-state index in [1.807, 2.05) is 13.0 Å². The third-order valence-electron chi connectivity index (χ3n) is 2.33. The predicted octanol–water partition coefficient (Wildman–Crippen LogP) is 2.48. The van der Waals surface area contributed by atoms with Crippen LogP contribution in [-0.4, -0.2) is 6.79 Å². The molecule has 0 bridgehead atoms. The number of nitrogens with two attached hydrogens (primary N) is 1. The molecule has 14 heavy (non-hydrogen) atoms. The summed E-state index contributed by atoms with van der Waals surface area (Å²) in [6.07, 6.45) is 0.847. The maximum atomic E-state index is 6.07. The third-order valence-corrected chi connectivity index (χ3v) is 2.66. The van der Waals surface area contributed by atoms with Gasteiger partial charge in [0.1, 0.15) is 0 Å². The lowest BCUT2D eigenvalue weighted by atomic mass is 10.0. The van der Waals surface area contributed by atoms with E-state index < -0.39 is 0 Å². The maximum Gasteiger partial charge on any atom is 0.231 e. The number of hydrogen-bond donors (Lipinski definition) is 1. The van der Waals surface area contributed by atoms with Crippen molar-refractivity contribution >= 4 is 11.6 Å². The first-order valence-electron chi connectivity index (χ1n) is 4.57. The maximum absolute atomic E-state index is 6.07. The molecule has 76 valence electrons. The largest absolute Gasteiger partial charge is 0.454 e. The van der Waals surface area contributed by atoms with E-state index in [9.17, 15) is 0 Å². The molecule has 3 nitrogen and oxygen atoms in total. The van der Waals surface area contributed by atoms with Crippen molar-refractivity contribution < 1.29 is 9.47 Å². The summed E-state index contributed by atoms with van der Waals surface area (Å²) in [6.45, 7) is 2.28. The molecular formula is C10H12ClNO2. The molecule has 1 aliphatic rings. The molecular weight excluding hydrogens is 202 g/mol. The summed E-state index contributed by atoms with van der Waals surface area (Å²) in [5.74, 6) is 1.43. The second kappa shape index (κ2) is 3.67. The van der Waals surface area contributed by atoms with Crippen LogP contribution >= 0.6 is 11.6 Å². The summed E-state index contributed by atoms with van der Waals surface area (Å²) in [5.41, 5.74) is 6.82. The normalized spacial score (nSPS) is 15.6. The fraction of sp³-hybridized carbons (Fsp3) is 0.400. The molecule has 0 unspecified atom stereocenters. The van der Waals surface area contributed by atoms with Gasteiger partial charge >= 0.3 is 0 Å². The number of rotatable bonds is 2. The first kappa shape index (κ1) is 9.62. The zero-order valence-electron chi connectivity index (χ0n) is 7.92. The molecule has 1 aromatic carbocycles. The number of halogens is 1. The van der Waals surface area contributed by atoms with E-state index in [1.165, 1.54) is 0 Å². The Kier molecular flexibility index (Phi) is 2.52. The lowest BCUT2D eigenvalue weighted by Gasteiger charge is -2.11. The molecule has 1 aliphatic heterocycles. The van der Waals surface area contributed by atoms with Crippen molar-refractivity contribution in [2.24, 2.45) is 5.73 Å². The van der Waals surface area contributed by atoms with E-state index in [-0.39, 0.29) is 12.8 Å². The molecule has 1 aromatic rings. The van der Waals surface area contributed by atoms with Gasteiger partial charge in [-0.3, -0.25) is 0 Å². The second-order valence-corrected chi connectivity index (χ2v) is 3.65. The molecule has 1 heterocycles. The van der Waals surface area contributed by atoms with Gasteiger partial charge in [0, 0.05) is 17.1 Å². The Morgan fingerprint density at radius 3 is 2.71 bits per heavy atom. The molecule has 0 aromatic heterocycles. The van der Waals surface area contributed by atoms with Gasteiger partial charge in [0.15, 0.2) is 11.5 Å². The van der Waals surface area contributed by atoms with Gasteiger partial charge in [-0.05, 0) is 18.1 Å². The number of ether oxygens (including phenoxy) is 2. The summed E-state index contributed by atoms with van der Waals surface area (Å²) < 4.78 is 10.5. The SMILES string of the molecule is CC[C@@H](N)c1cc2c(cc1Cl)OCO2. The lowest BCUT2D eigenvalue weighted by Crippen LogP contribution is -2.09. The average molecular weight is 214 g/mol. The molecule has 1 atom stereocenters. The standard InChI is InChI=1S/C10H12ClNO2/c1-2-8(12)6-3-9-10(4-7(6)11)14-5-13-9/h3-4,8H,2,5,12H2,1H3/t8-/m1/s1. The Bertz CT molecular complexity index is 354. The quantitative estimate of drug-likeness (QED) is 0.821. The van der Waals surface area contributed by atoms with Gasteiger partial charge in [-0.2, -0.15) is 0 Å². The van der Waals surface area contributed by atoms with E-state index in [2.05, 4.69) is 0 Å². The minimum Gasteiger partial charge on any atom is -0.454 e. The topological polar surface area (TPSA) is 44.5 Å². The van der Waals surface area contributed by atoms with E-state index in [0.717, 1.165) is 17.7 Å². The Balaban J connectivity index is 2.42. The summed E-state index contributed by atoms with van der Waals surface area (Å²) in [7, 11) is 0. The van der Waals surface area contributed by atoms with E-state index in [4.69, 9.17) is 26.8 Å².